The molecule has 0 radical (unpaired) electrons. The molecule has 0 spiro atoms. The molecule has 1 aromatic rings. The lowest BCUT2D eigenvalue weighted by Crippen LogP contribution is -2.46. The molecule has 0 atom stereocenters. The lowest BCUT2D eigenvalue weighted by atomic mass is 10.1. The van der Waals surface area contributed by atoms with Crippen LogP contribution in [0.5, 0.6) is 0 Å². The van der Waals surface area contributed by atoms with Crippen LogP contribution in [-0.4, -0.2) is 39.4 Å². The van der Waals surface area contributed by atoms with Crippen LogP contribution in [-0.2, 0) is 0 Å². The van der Waals surface area contributed by atoms with Gasteiger partial charge in [-0.2, -0.15) is 11.8 Å². The second kappa shape index (κ2) is 4.86. The number of aromatic nitrogens is 1. The summed E-state index contributed by atoms with van der Waals surface area (Å²) in [6.07, 6.45) is 1.57. The largest absolute Gasteiger partial charge is 0.335 e. The first kappa shape index (κ1) is 12.7. The first-order valence-electron chi connectivity index (χ1n) is 5.53. The standard InChI is InChI=1S/C12H15ClN2OS/c1-12(2)8-15(5-6-17-12)11(16)10-7-9(13)3-4-14-10/h3-4,7H,5-6,8H2,1-2H3. The highest BCUT2D eigenvalue weighted by molar-refractivity contribution is 8.00. The molecule has 3 nitrogen and oxygen atoms in total. The molecule has 1 aliphatic heterocycles. The van der Waals surface area contributed by atoms with Gasteiger partial charge in [-0.3, -0.25) is 9.78 Å². The van der Waals surface area contributed by atoms with Crippen molar-refractivity contribution in [2.75, 3.05) is 18.8 Å². The van der Waals surface area contributed by atoms with E-state index >= 15 is 0 Å². The summed E-state index contributed by atoms with van der Waals surface area (Å²) in [5, 5.41) is 0.550. The maximum absolute atomic E-state index is 12.2. The van der Waals surface area contributed by atoms with Crippen molar-refractivity contribution in [1.29, 1.82) is 0 Å². The van der Waals surface area contributed by atoms with E-state index in [1.54, 1.807) is 18.3 Å². The van der Waals surface area contributed by atoms with Crippen LogP contribution in [0.1, 0.15) is 24.3 Å². The van der Waals surface area contributed by atoms with Crippen LogP contribution in [0, 0.1) is 0 Å². The quantitative estimate of drug-likeness (QED) is 0.787. The summed E-state index contributed by atoms with van der Waals surface area (Å²) < 4.78 is 0.118. The van der Waals surface area contributed by atoms with Crippen molar-refractivity contribution in [3.05, 3.63) is 29.0 Å². The van der Waals surface area contributed by atoms with E-state index in [1.165, 1.54) is 0 Å². The normalized spacial score (nSPS) is 19.1. The SMILES string of the molecule is CC1(C)CN(C(=O)c2cc(Cl)ccn2)CCS1. The fraction of sp³-hybridized carbons (Fsp3) is 0.500. The Morgan fingerprint density at radius 2 is 2.35 bits per heavy atom. The number of thioether (sulfide) groups is 1. The van der Waals surface area contributed by atoms with Crippen molar-refractivity contribution in [1.82, 2.24) is 9.88 Å². The van der Waals surface area contributed by atoms with Gasteiger partial charge in [0.2, 0.25) is 0 Å². The predicted octanol–water partition coefficient (Wildman–Crippen LogP) is 2.70. The number of hydrogen-bond donors (Lipinski definition) is 0. The zero-order chi connectivity index (χ0) is 12.5. The highest BCUT2D eigenvalue weighted by Crippen LogP contribution is 2.30. The van der Waals surface area contributed by atoms with E-state index in [1.807, 2.05) is 16.7 Å². The number of carbonyl (C=O) groups excluding carboxylic acids is 1. The minimum absolute atomic E-state index is 0.0270. The van der Waals surface area contributed by atoms with Gasteiger partial charge in [0.15, 0.2) is 0 Å². The average Bonchev–Trinajstić information content (AvgIpc) is 2.26. The third-order valence-electron chi connectivity index (χ3n) is 2.65. The first-order chi connectivity index (χ1) is 7.98. The fourth-order valence-corrected chi connectivity index (χ4v) is 3.14. The second-order valence-electron chi connectivity index (χ2n) is 4.69. The summed E-state index contributed by atoms with van der Waals surface area (Å²) in [5.74, 6) is 0.945. The third kappa shape index (κ3) is 3.13. The van der Waals surface area contributed by atoms with Gasteiger partial charge in [0.1, 0.15) is 5.69 Å². The maximum Gasteiger partial charge on any atom is 0.272 e. The van der Waals surface area contributed by atoms with Crippen molar-refractivity contribution in [2.45, 2.75) is 18.6 Å². The maximum atomic E-state index is 12.2. The van der Waals surface area contributed by atoms with Gasteiger partial charge in [0.25, 0.3) is 5.91 Å². The Bertz CT molecular complexity index is 436. The molecule has 0 N–H and O–H groups in total. The molecular weight excluding hydrogens is 256 g/mol. The Balaban J connectivity index is 2.15. The van der Waals surface area contributed by atoms with Gasteiger partial charge < -0.3 is 4.90 Å². The number of pyridine rings is 1. The van der Waals surface area contributed by atoms with Crippen LogP contribution < -0.4 is 0 Å². The molecule has 0 bridgehead atoms. The highest BCUT2D eigenvalue weighted by Gasteiger charge is 2.30. The van der Waals surface area contributed by atoms with Gasteiger partial charge in [0.05, 0.1) is 0 Å². The van der Waals surface area contributed by atoms with E-state index < -0.39 is 0 Å². The van der Waals surface area contributed by atoms with E-state index in [-0.39, 0.29) is 10.7 Å². The van der Waals surface area contributed by atoms with Gasteiger partial charge in [-0.25, -0.2) is 0 Å². The Labute approximate surface area is 111 Å². The summed E-state index contributed by atoms with van der Waals surface area (Å²) >= 11 is 7.77. The van der Waals surface area contributed by atoms with Gasteiger partial charge in [-0.1, -0.05) is 11.6 Å². The van der Waals surface area contributed by atoms with E-state index in [0.29, 0.717) is 10.7 Å². The molecular formula is C12H15ClN2OS. The molecule has 5 heteroatoms. The lowest BCUT2D eigenvalue weighted by molar-refractivity contribution is 0.0742. The van der Waals surface area contributed by atoms with Crippen molar-refractivity contribution in [2.24, 2.45) is 0 Å². The van der Waals surface area contributed by atoms with Gasteiger partial charge in [0, 0.05) is 34.8 Å². The third-order valence-corrected chi connectivity index (χ3v) is 4.19. The van der Waals surface area contributed by atoms with Crippen LogP contribution in [0.2, 0.25) is 5.02 Å². The summed E-state index contributed by atoms with van der Waals surface area (Å²) in [5.41, 5.74) is 0.431. The van der Waals surface area contributed by atoms with Crippen molar-refractivity contribution in [3.63, 3.8) is 0 Å². The summed E-state index contributed by atoms with van der Waals surface area (Å²) in [4.78, 5) is 18.2. The topological polar surface area (TPSA) is 33.2 Å². The summed E-state index contributed by atoms with van der Waals surface area (Å²) in [6, 6.07) is 3.30. The molecule has 2 heterocycles. The minimum atomic E-state index is -0.0270. The zero-order valence-corrected chi connectivity index (χ0v) is 11.5. The average molecular weight is 271 g/mol. The second-order valence-corrected chi connectivity index (χ2v) is 6.93. The Morgan fingerprint density at radius 3 is 3.00 bits per heavy atom. The van der Waals surface area contributed by atoms with Gasteiger partial charge >= 0.3 is 0 Å². The number of hydrogen-bond acceptors (Lipinski definition) is 3. The van der Waals surface area contributed by atoms with Crippen LogP contribution in [0.3, 0.4) is 0 Å². The fourth-order valence-electron chi connectivity index (χ4n) is 1.87. The minimum Gasteiger partial charge on any atom is -0.335 e. The first-order valence-corrected chi connectivity index (χ1v) is 6.89. The molecule has 0 unspecified atom stereocenters. The molecule has 17 heavy (non-hydrogen) atoms. The summed E-state index contributed by atoms with van der Waals surface area (Å²) in [6.45, 7) is 5.84. The predicted molar refractivity (Wildman–Crippen MR) is 71.7 cm³/mol. The molecule has 0 aromatic carbocycles. The molecule has 1 amide bonds. The van der Waals surface area contributed by atoms with Crippen LogP contribution in [0.4, 0.5) is 0 Å². The smallest absolute Gasteiger partial charge is 0.272 e. The molecule has 2 rings (SSSR count). The van der Waals surface area contributed by atoms with Crippen LogP contribution in [0.15, 0.2) is 18.3 Å². The molecule has 1 aromatic heterocycles. The number of amides is 1. The van der Waals surface area contributed by atoms with Gasteiger partial charge in [-0.15, -0.1) is 0 Å². The zero-order valence-electron chi connectivity index (χ0n) is 9.94. The van der Waals surface area contributed by atoms with Crippen LogP contribution >= 0.6 is 23.4 Å². The highest BCUT2D eigenvalue weighted by atomic mass is 35.5. The Morgan fingerprint density at radius 1 is 1.59 bits per heavy atom. The van der Waals surface area contributed by atoms with E-state index in [9.17, 15) is 4.79 Å². The Hall–Kier alpha value is -0.740. The number of carbonyl (C=O) groups is 1. The number of nitrogens with zero attached hydrogens (tertiary/aromatic N) is 2. The van der Waals surface area contributed by atoms with Crippen LogP contribution in [0.25, 0.3) is 0 Å². The molecule has 1 aliphatic rings. The number of rotatable bonds is 1. The van der Waals surface area contributed by atoms with Crippen molar-refractivity contribution < 1.29 is 4.79 Å². The van der Waals surface area contributed by atoms with Crippen molar-refractivity contribution in [3.8, 4) is 0 Å². The molecule has 92 valence electrons. The van der Waals surface area contributed by atoms with E-state index in [4.69, 9.17) is 11.6 Å². The molecule has 0 aliphatic carbocycles. The number of halogens is 1. The van der Waals surface area contributed by atoms with Gasteiger partial charge in [-0.05, 0) is 26.0 Å². The monoisotopic (exact) mass is 270 g/mol. The van der Waals surface area contributed by atoms with E-state index in [0.717, 1.165) is 18.8 Å². The molecule has 0 saturated carbocycles. The summed E-state index contributed by atoms with van der Waals surface area (Å²) in [7, 11) is 0. The van der Waals surface area contributed by atoms with E-state index in [2.05, 4.69) is 18.8 Å². The Kier molecular flexibility index (Phi) is 3.64. The van der Waals surface area contributed by atoms with Crippen molar-refractivity contribution >= 4 is 29.3 Å². The molecule has 1 fully saturated rings. The molecule has 1 saturated heterocycles. The lowest BCUT2D eigenvalue weighted by Gasteiger charge is -2.37.